The number of anilines is 1. The topological polar surface area (TPSA) is 69.3 Å². The Morgan fingerprint density at radius 2 is 2.28 bits per heavy atom. The van der Waals surface area contributed by atoms with Crippen molar-refractivity contribution in [2.75, 3.05) is 5.73 Å². The highest BCUT2D eigenvalue weighted by Gasteiger charge is 1.99. The van der Waals surface area contributed by atoms with Gasteiger partial charge < -0.3 is 10.2 Å². The van der Waals surface area contributed by atoms with E-state index in [1.807, 2.05) is 31.2 Å². The lowest BCUT2D eigenvalue weighted by molar-refractivity contribution is 0.616. The van der Waals surface area contributed by atoms with Gasteiger partial charge >= 0.3 is 0 Å². The number of aryl methyl sites for hydroxylation is 1. The summed E-state index contributed by atoms with van der Waals surface area (Å²) in [6.45, 7) is 1.87. The number of aromatic nitrogens is 2. The molecule has 3 aromatic rings. The van der Waals surface area contributed by atoms with Crippen LogP contribution in [0.25, 0.3) is 11.0 Å². The van der Waals surface area contributed by atoms with Crippen molar-refractivity contribution in [3.8, 4) is 0 Å². The van der Waals surface area contributed by atoms with Crippen molar-refractivity contribution in [3.05, 3.63) is 48.0 Å². The molecule has 90 valence electrons. The summed E-state index contributed by atoms with van der Waals surface area (Å²) in [6.07, 6.45) is 5.17. The van der Waals surface area contributed by atoms with Crippen LogP contribution in [-0.2, 0) is 0 Å². The Labute approximate surface area is 104 Å². The van der Waals surface area contributed by atoms with Crippen LogP contribution in [0.2, 0.25) is 0 Å². The van der Waals surface area contributed by atoms with E-state index in [1.54, 1.807) is 23.4 Å². The van der Waals surface area contributed by atoms with E-state index in [2.05, 4.69) is 10.1 Å². The molecule has 0 aliphatic heterocycles. The minimum Gasteiger partial charge on any atom is -0.464 e. The van der Waals surface area contributed by atoms with E-state index in [9.17, 15) is 0 Å². The molecule has 0 saturated carbocycles. The van der Waals surface area contributed by atoms with Crippen LogP contribution in [0.5, 0.6) is 0 Å². The van der Waals surface area contributed by atoms with Crippen LogP contribution in [0, 0.1) is 6.92 Å². The summed E-state index contributed by atoms with van der Waals surface area (Å²) in [6, 6.07) is 7.82. The van der Waals surface area contributed by atoms with Crippen LogP contribution >= 0.6 is 0 Å². The van der Waals surface area contributed by atoms with E-state index >= 15 is 0 Å². The Balaban J connectivity index is 1.93. The van der Waals surface area contributed by atoms with Gasteiger partial charge in [-0.15, -0.1) is 0 Å². The third-order valence-corrected chi connectivity index (χ3v) is 2.65. The number of hydrogen-bond donors (Lipinski definition) is 1. The predicted octanol–water partition coefficient (Wildman–Crippen LogP) is 2.40. The molecule has 0 radical (unpaired) electrons. The summed E-state index contributed by atoms with van der Waals surface area (Å²) in [5.74, 6) is 0.378. The number of fused-ring (bicyclic) bond motifs is 1. The number of furan rings is 1. The molecule has 1 aromatic carbocycles. The second-order valence-electron chi connectivity index (χ2n) is 4.05. The summed E-state index contributed by atoms with van der Waals surface area (Å²) >= 11 is 0. The van der Waals surface area contributed by atoms with Gasteiger partial charge in [-0.05, 0) is 24.6 Å². The van der Waals surface area contributed by atoms with Gasteiger partial charge in [-0.3, -0.25) is 0 Å². The zero-order chi connectivity index (χ0) is 12.5. The second-order valence-corrected chi connectivity index (χ2v) is 4.05. The lowest BCUT2D eigenvalue weighted by atomic mass is 10.2. The first-order valence-corrected chi connectivity index (χ1v) is 5.55. The first kappa shape index (κ1) is 10.6. The van der Waals surface area contributed by atoms with E-state index in [0.29, 0.717) is 5.95 Å². The highest BCUT2D eigenvalue weighted by atomic mass is 16.3. The van der Waals surface area contributed by atoms with Crippen LogP contribution in [0.1, 0.15) is 11.3 Å². The van der Waals surface area contributed by atoms with Gasteiger partial charge in [0.25, 0.3) is 0 Å². The van der Waals surface area contributed by atoms with E-state index in [1.165, 1.54) is 0 Å². The van der Waals surface area contributed by atoms with Crippen molar-refractivity contribution in [2.45, 2.75) is 6.92 Å². The SMILES string of the molecule is Cc1cn(N=Cc2ccc3ccoc3c2)c(N)n1. The van der Waals surface area contributed by atoms with Gasteiger partial charge in [0.2, 0.25) is 5.95 Å². The lowest BCUT2D eigenvalue weighted by Crippen LogP contribution is -1.96. The summed E-state index contributed by atoms with van der Waals surface area (Å²) < 4.78 is 6.88. The molecule has 0 atom stereocenters. The number of hydrogen-bond acceptors (Lipinski definition) is 4. The molecular formula is C13H12N4O. The maximum Gasteiger partial charge on any atom is 0.221 e. The summed E-state index contributed by atoms with van der Waals surface area (Å²) in [7, 11) is 0. The normalized spacial score (nSPS) is 11.6. The molecule has 2 heterocycles. The molecule has 0 spiro atoms. The predicted molar refractivity (Wildman–Crippen MR) is 70.6 cm³/mol. The monoisotopic (exact) mass is 240 g/mol. The van der Waals surface area contributed by atoms with Crippen molar-refractivity contribution in [1.29, 1.82) is 0 Å². The molecule has 0 bridgehead atoms. The van der Waals surface area contributed by atoms with Crippen LogP contribution in [0.4, 0.5) is 5.95 Å². The van der Waals surface area contributed by atoms with Gasteiger partial charge in [-0.25, -0.2) is 9.66 Å². The number of imidazole rings is 1. The van der Waals surface area contributed by atoms with Crippen molar-refractivity contribution in [2.24, 2.45) is 5.10 Å². The van der Waals surface area contributed by atoms with Crippen molar-refractivity contribution < 1.29 is 4.42 Å². The van der Waals surface area contributed by atoms with Gasteiger partial charge in [0.15, 0.2) is 0 Å². The largest absolute Gasteiger partial charge is 0.464 e. The summed E-state index contributed by atoms with van der Waals surface area (Å²) in [5, 5.41) is 5.32. The highest BCUT2D eigenvalue weighted by Crippen LogP contribution is 2.16. The molecule has 0 unspecified atom stereocenters. The Bertz CT molecular complexity index is 724. The molecule has 5 heteroatoms. The zero-order valence-electron chi connectivity index (χ0n) is 9.87. The maximum absolute atomic E-state index is 5.70. The van der Waals surface area contributed by atoms with Crippen LogP contribution in [-0.4, -0.2) is 15.9 Å². The van der Waals surface area contributed by atoms with Gasteiger partial charge in [0.05, 0.1) is 24.4 Å². The number of nitrogens with zero attached hydrogens (tertiary/aromatic N) is 3. The maximum atomic E-state index is 5.70. The average molecular weight is 240 g/mol. The molecule has 0 aliphatic rings. The fourth-order valence-corrected chi connectivity index (χ4v) is 1.78. The minimum atomic E-state index is 0.378. The Hall–Kier alpha value is -2.56. The molecule has 18 heavy (non-hydrogen) atoms. The van der Waals surface area contributed by atoms with Crippen LogP contribution < -0.4 is 5.73 Å². The van der Waals surface area contributed by atoms with Crippen molar-refractivity contribution in [3.63, 3.8) is 0 Å². The van der Waals surface area contributed by atoms with Crippen LogP contribution in [0.15, 0.2) is 46.2 Å². The first-order valence-electron chi connectivity index (χ1n) is 5.55. The van der Waals surface area contributed by atoms with Gasteiger partial charge in [-0.1, -0.05) is 12.1 Å². The third kappa shape index (κ3) is 1.86. The molecule has 5 nitrogen and oxygen atoms in total. The lowest BCUT2D eigenvalue weighted by Gasteiger charge is -1.96. The minimum absolute atomic E-state index is 0.378. The Kier molecular flexibility index (Phi) is 2.37. The van der Waals surface area contributed by atoms with Gasteiger partial charge in [-0.2, -0.15) is 5.10 Å². The molecule has 0 saturated heterocycles. The summed E-state index contributed by atoms with van der Waals surface area (Å²) in [5.41, 5.74) is 8.33. The summed E-state index contributed by atoms with van der Waals surface area (Å²) in [4.78, 5) is 4.07. The number of rotatable bonds is 2. The standard InChI is InChI=1S/C13H12N4O/c1-9-8-17(13(14)16-9)15-7-10-2-3-11-4-5-18-12(11)6-10/h2-8H,1H3,(H2,14,16). The fraction of sp³-hybridized carbons (Fsp3) is 0.0769. The van der Waals surface area contributed by atoms with E-state index < -0.39 is 0 Å². The van der Waals surface area contributed by atoms with Gasteiger partial charge in [0.1, 0.15) is 5.58 Å². The Morgan fingerprint density at radius 3 is 3.06 bits per heavy atom. The van der Waals surface area contributed by atoms with E-state index in [4.69, 9.17) is 10.2 Å². The molecular weight excluding hydrogens is 228 g/mol. The molecule has 3 rings (SSSR count). The first-order chi connectivity index (χ1) is 8.72. The van der Waals surface area contributed by atoms with Crippen molar-refractivity contribution in [1.82, 2.24) is 9.66 Å². The fourth-order valence-electron chi connectivity index (χ4n) is 1.78. The van der Waals surface area contributed by atoms with E-state index in [-0.39, 0.29) is 0 Å². The zero-order valence-corrected chi connectivity index (χ0v) is 9.87. The smallest absolute Gasteiger partial charge is 0.221 e. The Morgan fingerprint density at radius 1 is 1.39 bits per heavy atom. The number of nitrogen functional groups attached to an aromatic ring is 1. The highest BCUT2D eigenvalue weighted by molar-refractivity contribution is 5.87. The van der Waals surface area contributed by atoms with E-state index in [0.717, 1.165) is 22.2 Å². The molecule has 2 N–H and O–H groups in total. The number of nitrogens with two attached hydrogens (primary N) is 1. The molecule has 0 amide bonds. The van der Waals surface area contributed by atoms with Crippen molar-refractivity contribution >= 4 is 23.1 Å². The molecule has 2 aromatic heterocycles. The third-order valence-electron chi connectivity index (χ3n) is 2.65. The molecule has 0 aliphatic carbocycles. The van der Waals surface area contributed by atoms with Crippen LogP contribution in [0.3, 0.4) is 0 Å². The number of benzene rings is 1. The average Bonchev–Trinajstić information content (AvgIpc) is 2.92. The quantitative estimate of drug-likeness (QED) is 0.699. The second kappa shape index (κ2) is 4.03. The van der Waals surface area contributed by atoms with Gasteiger partial charge in [0, 0.05) is 5.39 Å². The molecule has 0 fully saturated rings.